The first kappa shape index (κ1) is 24.1. The minimum atomic E-state index is -4.08. The van der Waals surface area contributed by atoms with Crippen LogP contribution in [0.4, 0.5) is 5.69 Å². The van der Waals surface area contributed by atoms with Crippen molar-refractivity contribution in [3.05, 3.63) is 65.7 Å². The quantitative estimate of drug-likeness (QED) is 0.432. The zero-order chi connectivity index (χ0) is 23.1. The van der Waals surface area contributed by atoms with Gasteiger partial charge in [-0.2, -0.15) is 0 Å². The topological polar surface area (TPSA) is 94.2 Å². The molecule has 1 atom stereocenters. The number of nitrogens with zero attached hydrogens (tertiary/aromatic N) is 1. The maximum Gasteiger partial charge on any atom is 0.276 e. The second kappa shape index (κ2) is 10.8. The number of methoxy groups -OCH3 is 1. The molecule has 8 nitrogen and oxygen atoms in total. The zero-order valence-electron chi connectivity index (χ0n) is 17.6. The van der Waals surface area contributed by atoms with Crippen molar-refractivity contribution in [3.63, 3.8) is 0 Å². The molecule has 2 aromatic carbocycles. The van der Waals surface area contributed by atoms with Gasteiger partial charge in [0, 0.05) is 13.0 Å². The SMILES string of the molecule is C=CCN(c1ccccc1OC)S(=O)(=O)c1ccc(Cl)c(C(=O)NOC2CCCCO2)c1. The lowest BCUT2D eigenvalue weighted by molar-refractivity contribution is -0.186. The predicted octanol–water partition coefficient (Wildman–Crippen LogP) is 3.92. The fraction of sp³-hybridized carbons (Fsp3) is 0.318. The van der Waals surface area contributed by atoms with Gasteiger partial charge >= 0.3 is 0 Å². The van der Waals surface area contributed by atoms with Gasteiger partial charge in [0.15, 0.2) is 6.29 Å². The van der Waals surface area contributed by atoms with E-state index >= 15 is 0 Å². The van der Waals surface area contributed by atoms with E-state index in [9.17, 15) is 13.2 Å². The van der Waals surface area contributed by atoms with Crippen molar-refractivity contribution in [2.24, 2.45) is 0 Å². The fourth-order valence-electron chi connectivity index (χ4n) is 3.22. The average molecular weight is 481 g/mol. The minimum Gasteiger partial charge on any atom is -0.495 e. The molecule has 10 heteroatoms. The van der Waals surface area contributed by atoms with Crippen molar-refractivity contribution in [3.8, 4) is 5.75 Å². The molecular weight excluding hydrogens is 456 g/mol. The molecule has 172 valence electrons. The summed E-state index contributed by atoms with van der Waals surface area (Å²) in [6.07, 6.45) is 3.43. The van der Waals surface area contributed by atoms with Crippen molar-refractivity contribution in [2.45, 2.75) is 30.4 Å². The van der Waals surface area contributed by atoms with Crippen molar-refractivity contribution in [1.82, 2.24) is 5.48 Å². The highest BCUT2D eigenvalue weighted by Crippen LogP contribution is 2.33. The summed E-state index contributed by atoms with van der Waals surface area (Å²) in [7, 11) is -2.62. The number of nitrogens with one attached hydrogen (secondary N) is 1. The number of hydrogen-bond donors (Lipinski definition) is 1. The molecular formula is C22H25ClN2O6S. The van der Waals surface area contributed by atoms with E-state index < -0.39 is 22.2 Å². The molecule has 0 radical (unpaired) electrons. The lowest BCUT2D eigenvalue weighted by atomic mass is 10.2. The van der Waals surface area contributed by atoms with E-state index in [1.54, 1.807) is 24.3 Å². The molecule has 1 heterocycles. The maximum absolute atomic E-state index is 13.5. The Morgan fingerprint density at radius 3 is 2.78 bits per heavy atom. The lowest BCUT2D eigenvalue weighted by Crippen LogP contribution is -2.34. The van der Waals surface area contributed by atoms with Crippen LogP contribution in [0.1, 0.15) is 29.6 Å². The highest BCUT2D eigenvalue weighted by Gasteiger charge is 2.28. The smallest absolute Gasteiger partial charge is 0.276 e. The summed E-state index contributed by atoms with van der Waals surface area (Å²) in [6, 6.07) is 10.6. The van der Waals surface area contributed by atoms with Gasteiger partial charge in [-0.1, -0.05) is 29.8 Å². The number of anilines is 1. The molecule has 0 bridgehead atoms. The molecule has 1 aliphatic rings. The molecule has 32 heavy (non-hydrogen) atoms. The normalized spacial score (nSPS) is 16.2. The summed E-state index contributed by atoms with van der Waals surface area (Å²) in [5.74, 6) is -0.292. The number of sulfonamides is 1. The number of halogens is 1. The van der Waals surface area contributed by atoms with E-state index in [-0.39, 0.29) is 22.0 Å². The first-order valence-corrected chi connectivity index (χ1v) is 11.8. The molecule has 1 N–H and O–H groups in total. The van der Waals surface area contributed by atoms with Crippen molar-refractivity contribution in [2.75, 3.05) is 24.6 Å². The molecule has 2 aromatic rings. The molecule has 0 saturated carbocycles. The molecule has 0 aromatic heterocycles. The summed E-state index contributed by atoms with van der Waals surface area (Å²) < 4.78 is 38.8. The summed E-state index contributed by atoms with van der Waals surface area (Å²) in [5.41, 5.74) is 2.60. The number of rotatable bonds is 9. The van der Waals surface area contributed by atoms with Crippen LogP contribution in [0.3, 0.4) is 0 Å². The van der Waals surface area contributed by atoms with Crippen LogP contribution in [0, 0.1) is 0 Å². The first-order chi connectivity index (χ1) is 15.4. The number of ether oxygens (including phenoxy) is 2. The summed E-state index contributed by atoms with van der Waals surface area (Å²) in [4.78, 5) is 17.8. The van der Waals surface area contributed by atoms with Gasteiger partial charge in [-0.25, -0.2) is 18.7 Å². The van der Waals surface area contributed by atoms with E-state index in [1.165, 1.54) is 31.4 Å². The Morgan fingerprint density at radius 1 is 1.31 bits per heavy atom. The third kappa shape index (κ3) is 5.42. The van der Waals surface area contributed by atoms with Crippen LogP contribution in [-0.4, -0.2) is 40.9 Å². The molecule has 1 unspecified atom stereocenters. The van der Waals surface area contributed by atoms with E-state index in [4.69, 9.17) is 25.9 Å². The Morgan fingerprint density at radius 2 is 2.09 bits per heavy atom. The van der Waals surface area contributed by atoms with Crippen LogP contribution in [0.15, 0.2) is 60.0 Å². The predicted molar refractivity (Wildman–Crippen MR) is 121 cm³/mol. The summed E-state index contributed by atoms with van der Waals surface area (Å²) in [5, 5.41) is 0.0853. The van der Waals surface area contributed by atoms with Gasteiger partial charge in [0.1, 0.15) is 5.75 Å². The van der Waals surface area contributed by atoms with Gasteiger partial charge < -0.3 is 9.47 Å². The zero-order valence-corrected chi connectivity index (χ0v) is 19.2. The number of para-hydroxylation sites is 2. The monoisotopic (exact) mass is 480 g/mol. The van der Waals surface area contributed by atoms with Crippen LogP contribution in [0.25, 0.3) is 0 Å². The summed E-state index contributed by atoms with van der Waals surface area (Å²) >= 11 is 6.18. The van der Waals surface area contributed by atoms with Gasteiger partial charge in [0.25, 0.3) is 15.9 Å². The fourth-order valence-corrected chi connectivity index (χ4v) is 4.90. The van der Waals surface area contributed by atoms with Crippen LogP contribution in [0.5, 0.6) is 5.75 Å². The minimum absolute atomic E-state index is 0.00497. The highest BCUT2D eigenvalue weighted by atomic mass is 35.5. The Kier molecular flexibility index (Phi) is 8.14. The molecule has 3 rings (SSSR count). The third-order valence-corrected chi connectivity index (χ3v) is 6.95. The standard InChI is InChI=1S/C22H25ClN2O6S/c1-3-13-25(19-8-4-5-9-20(19)29-2)32(27,28)16-11-12-18(23)17(15-16)22(26)24-31-21-10-6-7-14-30-21/h3-5,8-9,11-12,15,21H,1,6-7,10,13-14H2,2H3,(H,24,26). The van der Waals surface area contributed by atoms with Gasteiger partial charge in [-0.3, -0.25) is 9.10 Å². The number of carbonyl (C=O) groups is 1. The first-order valence-electron chi connectivity index (χ1n) is 10.0. The molecule has 0 spiro atoms. The van der Waals surface area contributed by atoms with Crippen LogP contribution in [-0.2, 0) is 19.6 Å². The molecule has 1 amide bonds. The third-order valence-electron chi connectivity index (χ3n) is 4.84. The van der Waals surface area contributed by atoms with Crippen molar-refractivity contribution in [1.29, 1.82) is 0 Å². The largest absolute Gasteiger partial charge is 0.495 e. The molecule has 0 aliphatic carbocycles. The maximum atomic E-state index is 13.5. The van der Waals surface area contributed by atoms with E-state index in [0.29, 0.717) is 24.5 Å². The van der Waals surface area contributed by atoms with Crippen molar-refractivity contribution < 1.29 is 27.5 Å². The highest BCUT2D eigenvalue weighted by molar-refractivity contribution is 7.92. The second-order valence-corrected chi connectivity index (χ2v) is 9.25. The second-order valence-electron chi connectivity index (χ2n) is 6.98. The van der Waals surface area contributed by atoms with Crippen LogP contribution < -0.4 is 14.5 Å². The Hall–Kier alpha value is -2.59. The van der Waals surface area contributed by atoms with Gasteiger partial charge in [-0.05, 0) is 43.2 Å². The van der Waals surface area contributed by atoms with E-state index in [1.807, 2.05) is 0 Å². The number of carbonyl (C=O) groups excluding carboxylic acids is 1. The van der Waals surface area contributed by atoms with Gasteiger partial charge in [-0.15, -0.1) is 6.58 Å². The molecule has 1 aliphatic heterocycles. The van der Waals surface area contributed by atoms with Gasteiger partial charge in [0.05, 0.1) is 34.8 Å². The summed E-state index contributed by atoms with van der Waals surface area (Å²) in [6.45, 7) is 4.20. The average Bonchev–Trinajstić information content (AvgIpc) is 2.81. The van der Waals surface area contributed by atoms with Gasteiger partial charge in [0.2, 0.25) is 0 Å². The Balaban J connectivity index is 1.90. The number of benzene rings is 2. The van der Waals surface area contributed by atoms with Crippen molar-refractivity contribution >= 4 is 33.2 Å². The molecule has 1 fully saturated rings. The lowest BCUT2D eigenvalue weighted by Gasteiger charge is -2.25. The number of hydroxylamine groups is 1. The van der Waals surface area contributed by atoms with E-state index in [2.05, 4.69) is 12.1 Å². The number of amides is 1. The molecule has 1 saturated heterocycles. The Bertz CT molecular complexity index is 1070. The van der Waals surface area contributed by atoms with Crippen LogP contribution in [0.2, 0.25) is 5.02 Å². The van der Waals surface area contributed by atoms with E-state index in [0.717, 1.165) is 17.1 Å². The number of hydrogen-bond acceptors (Lipinski definition) is 6. The van der Waals surface area contributed by atoms with Crippen LogP contribution >= 0.6 is 11.6 Å². The Labute approximate surface area is 192 Å².